The molecule has 0 bridgehead atoms. The van der Waals surface area contributed by atoms with Gasteiger partial charge in [-0.05, 0) is 42.0 Å². The van der Waals surface area contributed by atoms with Crippen molar-refractivity contribution in [2.45, 2.75) is 25.7 Å². The van der Waals surface area contributed by atoms with Gasteiger partial charge in [-0.2, -0.15) is 5.26 Å². The molecule has 1 amide bonds. The summed E-state index contributed by atoms with van der Waals surface area (Å²) in [5.41, 5.74) is 3.57. The number of fused-ring (bicyclic) bond motifs is 1. The maximum Gasteiger partial charge on any atom is 0.237 e. The number of nitrogens with zero attached hydrogens (tertiary/aromatic N) is 1. The minimum absolute atomic E-state index is 0.178. The van der Waals surface area contributed by atoms with Crippen LogP contribution >= 0.6 is 0 Å². The summed E-state index contributed by atoms with van der Waals surface area (Å²) in [5, 5.41) is 12.2. The van der Waals surface area contributed by atoms with Crippen molar-refractivity contribution in [3.63, 3.8) is 0 Å². The highest BCUT2D eigenvalue weighted by atomic mass is 16.5. The number of benzene rings is 2. The lowest BCUT2D eigenvalue weighted by Gasteiger charge is -2.11. The molecule has 3 rings (SSSR count). The standard InChI is InChI=1S/C21H22N2O2/c22-15-19(8-6-16-4-2-1-3-5-16)21(24)23-12-10-17-7-9-20-18(14-17)11-13-25-20/h1-5,7,9,14,19H,6,8,10-13H2,(H,23,24). The van der Waals surface area contributed by atoms with Crippen molar-refractivity contribution in [2.24, 2.45) is 5.92 Å². The third-order valence-electron chi connectivity index (χ3n) is 4.50. The molecule has 0 fully saturated rings. The number of hydrogen-bond acceptors (Lipinski definition) is 3. The van der Waals surface area contributed by atoms with Crippen molar-refractivity contribution >= 4 is 5.91 Å². The second-order valence-electron chi connectivity index (χ2n) is 6.29. The van der Waals surface area contributed by atoms with Gasteiger partial charge in [-0.1, -0.05) is 42.5 Å². The Labute approximate surface area is 148 Å². The van der Waals surface area contributed by atoms with E-state index < -0.39 is 5.92 Å². The van der Waals surface area contributed by atoms with Crippen LogP contribution < -0.4 is 10.1 Å². The summed E-state index contributed by atoms with van der Waals surface area (Å²) in [6, 6.07) is 18.2. The van der Waals surface area contributed by atoms with Crippen LogP contribution in [0.15, 0.2) is 48.5 Å². The Morgan fingerprint density at radius 2 is 2.00 bits per heavy atom. The highest BCUT2D eigenvalue weighted by Gasteiger charge is 2.17. The van der Waals surface area contributed by atoms with Gasteiger partial charge >= 0.3 is 0 Å². The van der Waals surface area contributed by atoms with Crippen molar-refractivity contribution in [1.29, 1.82) is 5.26 Å². The quantitative estimate of drug-likeness (QED) is 0.846. The van der Waals surface area contributed by atoms with Crippen LogP contribution in [-0.4, -0.2) is 19.1 Å². The van der Waals surface area contributed by atoms with E-state index in [1.165, 1.54) is 11.1 Å². The number of rotatable bonds is 7. The van der Waals surface area contributed by atoms with Crippen LogP contribution in [0.4, 0.5) is 0 Å². The van der Waals surface area contributed by atoms with Gasteiger partial charge in [0.25, 0.3) is 0 Å². The second-order valence-corrected chi connectivity index (χ2v) is 6.29. The van der Waals surface area contributed by atoms with E-state index in [0.29, 0.717) is 13.0 Å². The molecule has 128 valence electrons. The van der Waals surface area contributed by atoms with E-state index in [1.807, 2.05) is 42.5 Å². The van der Waals surface area contributed by atoms with Crippen molar-refractivity contribution in [2.75, 3.05) is 13.2 Å². The van der Waals surface area contributed by atoms with E-state index in [2.05, 4.69) is 17.5 Å². The largest absolute Gasteiger partial charge is 0.493 e. The third kappa shape index (κ3) is 4.60. The van der Waals surface area contributed by atoms with Gasteiger partial charge in [0, 0.05) is 13.0 Å². The maximum atomic E-state index is 12.2. The molecule has 1 aliphatic heterocycles. The maximum absolute atomic E-state index is 12.2. The van der Waals surface area contributed by atoms with Crippen molar-refractivity contribution in [1.82, 2.24) is 5.32 Å². The lowest BCUT2D eigenvalue weighted by atomic mass is 10.00. The van der Waals surface area contributed by atoms with Crippen LogP contribution in [0.3, 0.4) is 0 Å². The Kier molecular flexibility index (Phi) is 5.69. The fourth-order valence-electron chi connectivity index (χ4n) is 3.06. The number of carbonyl (C=O) groups excluding carboxylic acids is 1. The van der Waals surface area contributed by atoms with E-state index in [0.717, 1.165) is 37.2 Å². The molecule has 4 nitrogen and oxygen atoms in total. The zero-order chi connectivity index (χ0) is 17.5. The molecule has 1 aliphatic rings. The molecule has 2 aromatic carbocycles. The van der Waals surface area contributed by atoms with Gasteiger partial charge < -0.3 is 10.1 Å². The van der Waals surface area contributed by atoms with Crippen molar-refractivity contribution in [3.8, 4) is 11.8 Å². The van der Waals surface area contributed by atoms with Crippen LogP contribution in [0.2, 0.25) is 0 Å². The monoisotopic (exact) mass is 334 g/mol. The number of aryl methyl sites for hydroxylation is 1. The molecule has 25 heavy (non-hydrogen) atoms. The molecule has 1 unspecified atom stereocenters. The zero-order valence-corrected chi connectivity index (χ0v) is 14.2. The number of ether oxygens (including phenoxy) is 1. The minimum Gasteiger partial charge on any atom is -0.493 e. The summed E-state index contributed by atoms with van der Waals surface area (Å²) in [7, 11) is 0. The Morgan fingerprint density at radius 1 is 1.16 bits per heavy atom. The lowest BCUT2D eigenvalue weighted by molar-refractivity contribution is -0.123. The Hall–Kier alpha value is -2.80. The fourth-order valence-corrected chi connectivity index (χ4v) is 3.06. The average molecular weight is 334 g/mol. The van der Waals surface area contributed by atoms with Gasteiger partial charge in [0.05, 0.1) is 12.7 Å². The smallest absolute Gasteiger partial charge is 0.237 e. The summed E-state index contributed by atoms with van der Waals surface area (Å²) >= 11 is 0. The SMILES string of the molecule is N#CC(CCc1ccccc1)C(=O)NCCc1ccc2c(c1)CCO2. The summed E-state index contributed by atoms with van der Waals surface area (Å²) in [5.74, 6) is 0.190. The number of nitrogens with one attached hydrogen (secondary N) is 1. The van der Waals surface area contributed by atoms with Gasteiger partial charge in [0.1, 0.15) is 11.7 Å². The van der Waals surface area contributed by atoms with E-state index >= 15 is 0 Å². The molecular formula is C21H22N2O2. The van der Waals surface area contributed by atoms with E-state index in [9.17, 15) is 10.1 Å². The highest BCUT2D eigenvalue weighted by molar-refractivity contribution is 5.81. The molecule has 0 aliphatic carbocycles. The van der Waals surface area contributed by atoms with Gasteiger partial charge in [-0.25, -0.2) is 0 Å². The number of hydrogen-bond donors (Lipinski definition) is 1. The molecular weight excluding hydrogens is 312 g/mol. The van der Waals surface area contributed by atoms with E-state index in [1.54, 1.807) is 0 Å². The normalized spacial score (nSPS) is 13.4. The third-order valence-corrected chi connectivity index (χ3v) is 4.50. The average Bonchev–Trinajstić information content (AvgIpc) is 3.11. The topological polar surface area (TPSA) is 62.1 Å². The van der Waals surface area contributed by atoms with E-state index in [-0.39, 0.29) is 5.91 Å². The van der Waals surface area contributed by atoms with Crippen LogP contribution in [0, 0.1) is 17.2 Å². The molecule has 0 spiro atoms. The van der Waals surface area contributed by atoms with Crippen LogP contribution in [0.25, 0.3) is 0 Å². The molecule has 1 heterocycles. The number of nitriles is 1. The van der Waals surface area contributed by atoms with Crippen molar-refractivity contribution < 1.29 is 9.53 Å². The Balaban J connectivity index is 1.45. The van der Waals surface area contributed by atoms with Gasteiger partial charge in [0.15, 0.2) is 0 Å². The van der Waals surface area contributed by atoms with Crippen LogP contribution in [0.5, 0.6) is 5.75 Å². The van der Waals surface area contributed by atoms with Gasteiger partial charge in [-0.15, -0.1) is 0 Å². The predicted molar refractivity (Wildman–Crippen MR) is 96.2 cm³/mol. The molecule has 0 saturated heterocycles. The summed E-state index contributed by atoms with van der Waals surface area (Å²) in [4.78, 5) is 12.2. The predicted octanol–water partition coefficient (Wildman–Crippen LogP) is 3.05. The second kappa shape index (κ2) is 8.34. The Bertz CT molecular complexity index is 765. The van der Waals surface area contributed by atoms with Crippen molar-refractivity contribution in [3.05, 3.63) is 65.2 Å². The zero-order valence-electron chi connectivity index (χ0n) is 14.2. The molecule has 4 heteroatoms. The number of carbonyl (C=O) groups is 1. The highest BCUT2D eigenvalue weighted by Crippen LogP contribution is 2.25. The molecule has 0 aromatic heterocycles. The van der Waals surface area contributed by atoms with E-state index in [4.69, 9.17) is 4.74 Å². The first kappa shape index (κ1) is 17.0. The first-order valence-electron chi connectivity index (χ1n) is 8.72. The number of amides is 1. The molecule has 0 saturated carbocycles. The first-order chi connectivity index (χ1) is 12.3. The summed E-state index contributed by atoms with van der Waals surface area (Å²) in [6.07, 6.45) is 2.99. The molecule has 0 radical (unpaired) electrons. The summed E-state index contributed by atoms with van der Waals surface area (Å²) < 4.78 is 5.50. The molecule has 1 atom stereocenters. The van der Waals surface area contributed by atoms with Crippen LogP contribution in [0.1, 0.15) is 23.1 Å². The fraction of sp³-hybridized carbons (Fsp3) is 0.333. The first-order valence-corrected chi connectivity index (χ1v) is 8.72. The minimum atomic E-state index is -0.603. The molecule has 1 N–H and O–H groups in total. The lowest BCUT2D eigenvalue weighted by Crippen LogP contribution is -2.31. The van der Waals surface area contributed by atoms with Gasteiger partial charge in [0.2, 0.25) is 5.91 Å². The molecule has 2 aromatic rings. The Morgan fingerprint density at radius 3 is 2.80 bits per heavy atom. The van der Waals surface area contributed by atoms with Crippen LogP contribution in [-0.2, 0) is 24.1 Å². The summed E-state index contributed by atoms with van der Waals surface area (Å²) in [6.45, 7) is 1.29. The van der Waals surface area contributed by atoms with Gasteiger partial charge in [-0.3, -0.25) is 4.79 Å².